The standard InChI is InChI=1S/C17H23NO2/c1-11-6-12(2)8-13(7-11)10-18-14-4-5-16(18)15(9-14)17(19)20-3/h6-8,14-16H,4-5,9-10H2,1-3H3. The van der Waals surface area contributed by atoms with E-state index in [9.17, 15) is 4.79 Å². The van der Waals surface area contributed by atoms with Crippen molar-refractivity contribution < 1.29 is 9.53 Å². The second-order valence-corrected chi connectivity index (χ2v) is 6.33. The molecule has 3 unspecified atom stereocenters. The lowest BCUT2D eigenvalue weighted by Crippen LogP contribution is -2.33. The molecule has 0 aliphatic carbocycles. The minimum Gasteiger partial charge on any atom is -0.469 e. The summed E-state index contributed by atoms with van der Waals surface area (Å²) in [6, 6.07) is 7.67. The van der Waals surface area contributed by atoms with Gasteiger partial charge < -0.3 is 4.74 Å². The number of fused-ring (bicyclic) bond motifs is 2. The van der Waals surface area contributed by atoms with Crippen LogP contribution in [0.4, 0.5) is 0 Å². The van der Waals surface area contributed by atoms with Gasteiger partial charge in [0.25, 0.3) is 0 Å². The number of rotatable bonds is 3. The number of carbonyl (C=O) groups is 1. The first-order chi connectivity index (χ1) is 9.58. The summed E-state index contributed by atoms with van der Waals surface area (Å²) >= 11 is 0. The zero-order valence-corrected chi connectivity index (χ0v) is 12.6. The van der Waals surface area contributed by atoms with Crippen molar-refractivity contribution in [3.05, 3.63) is 34.9 Å². The lowest BCUT2D eigenvalue weighted by Gasteiger charge is -2.23. The van der Waals surface area contributed by atoms with Crippen molar-refractivity contribution in [2.75, 3.05) is 7.11 Å². The van der Waals surface area contributed by atoms with Gasteiger partial charge in [-0.25, -0.2) is 0 Å². The van der Waals surface area contributed by atoms with Gasteiger partial charge in [-0.2, -0.15) is 0 Å². The first-order valence-corrected chi connectivity index (χ1v) is 7.49. The van der Waals surface area contributed by atoms with Crippen LogP contribution in [0.25, 0.3) is 0 Å². The molecule has 3 atom stereocenters. The molecule has 20 heavy (non-hydrogen) atoms. The molecule has 3 nitrogen and oxygen atoms in total. The smallest absolute Gasteiger partial charge is 0.310 e. The topological polar surface area (TPSA) is 29.5 Å². The lowest BCUT2D eigenvalue weighted by molar-refractivity contribution is -0.146. The molecule has 1 aromatic rings. The van der Waals surface area contributed by atoms with Crippen molar-refractivity contribution in [1.29, 1.82) is 0 Å². The quantitative estimate of drug-likeness (QED) is 0.793. The number of ether oxygens (including phenoxy) is 1. The predicted molar refractivity (Wildman–Crippen MR) is 78.4 cm³/mol. The molecule has 0 saturated carbocycles. The highest BCUT2D eigenvalue weighted by Crippen LogP contribution is 2.43. The molecule has 2 bridgehead atoms. The largest absolute Gasteiger partial charge is 0.469 e. The summed E-state index contributed by atoms with van der Waals surface area (Å²) in [5.41, 5.74) is 4.00. The molecule has 1 aromatic carbocycles. The Kier molecular flexibility index (Phi) is 3.55. The van der Waals surface area contributed by atoms with E-state index in [0.29, 0.717) is 12.1 Å². The van der Waals surface area contributed by atoms with Crippen LogP contribution in [0.1, 0.15) is 36.0 Å². The van der Waals surface area contributed by atoms with Gasteiger partial charge in [0.2, 0.25) is 0 Å². The van der Waals surface area contributed by atoms with Gasteiger partial charge in [-0.1, -0.05) is 29.3 Å². The number of nitrogens with zero attached hydrogens (tertiary/aromatic N) is 1. The van der Waals surface area contributed by atoms with Gasteiger partial charge in [0, 0.05) is 18.6 Å². The molecule has 0 aromatic heterocycles. The maximum absolute atomic E-state index is 11.9. The van der Waals surface area contributed by atoms with E-state index >= 15 is 0 Å². The molecule has 108 valence electrons. The minimum absolute atomic E-state index is 0.0253. The molecule has 0 N–H and O–H groups in total. The fraction of sp³-hybridized carbons (Fsp3) is 0.588. The second-order valence-electron chi connectivity index (χ2n) is 6.33. The highest BCUT2D eigenvalue weighted by atomic mass is 16.5. The van der Waals surface area contributed by atoms with Gasteiger partial charge in [0.1, 0.15) is 0 Å². The molecule has 2 fully saturated rings. The maximum Gasteiger partial charge on any atom is 0.310 e. The van der Waals surface area contributed by atoms with E-state index in [2.05, 4.69) is 36.9 Å². The first kappa shape index (κ1) is 13.6. The highest BCUT2D eigenvalue weighted by molar-refractivity contribution is 5.74. The zero-order valence-electron chi connectivity index (χ0n) is 12.6. The van der Waals surface area contributed by atoms with Crippen LogP contribution in [0.3, 0.4) is 0 Å². The van der Waals surface area contributed by atoms with Gasteiger partial charge in [-0.05, 0) is 38.7 Å². The van der Waals surface area contributed by atoms with Gasteiger partial charge in [0.05, 0.1) is 13.0 Å². The Morgan fingerprint density at radius 3 is 2.60 bits per heavy atom. The number of methoxy groups -OCH3 is 1. The third-order valence-electron chi connectivity index (χ3n) is 4.83. The van der Waals surface area contributed by atoms with Crippen molar-refractivity contribution in [2.24, 2.45) is 5.92 Å². The molecule has 2 heterocycles. The molecule has 0 spiro atoms. The first-order valence-electron chi connectivity index (χ1n) is 7.49. The monoisotopic (exact) mass is 273 g/mol. The van der Waals surface area contributed by atoms with Crippen molar-refractivity contribution in [1.82, 2.24) is 4.90 Å². The third-order valence-corrected chi connectivity index (χ3v) is 4.83. The average molecular weight is 273 g/mol. The molecule has 2 aliphatic rings. The Morgan fingerprint density at radius 1 is 1.25 bits per heavy atom. The summed E-state index contributed by atoms with van der Waals surface area (Å²) in [5, 5.41) is 0. The SMILES string of the molecule is COC(=O)C1CC2CCC1N2Cc1cc(C)cc(C)c1. The summed E-state index contributed by atoms with van der Waals surface area (Å²) in [7, 11) is 1.50. The predicted octanol–water partition coefficient (Wildman–Crippen LogP) is 2.83. The summed E-state index contributed by atoms with van der Waals surface area (Å²) in [4.78, 5) is 14.4. The summed E-state index contributed by atoms with van der Waals surface area (Å²) in [5.74, 6) is 0.0623. The van der Waals surface area contributed by atoms with Gasteiger partial charge in [0.15, 0.2) is 0 Å². The molecular weight excluding hydrogens is 250 g/mol. The average Bonchev–Trinajstić information content (AvgIpc) is 2.94. The number of carbonyl (C=O) groups excluding carboxylic acids is 1. The van der Waals surface area contributed by atoms with Crippen LogP contribution in [0.5, 0.6) is 0 Å². The Hall–Kier alpha value is -1.35. The number of aryl methyl sites for hydroxylation is 2. The Bertz CT molecular complexity index is 505. The molecular formula is C17H23NO2. The van der Waals surface area contributed by atoms with Crippen molar-refractivity contribution >= 4 is 5.97 Å². The molecule has 2 aliphatic heterocycles. The van der Waals surface area contributed by atoms with Crippen molar-refractivity contribution in [2.45, 2.75) is 51.7 Å². The molecule has 0 radical (unpaired) electrons. The van der Waals surface area contributed by atoms with Crippen LogP contribution in [-0.4, -0.2) is 30.1 Å². The van der Waals surface area contributed by atoms with Gasteiger partial charge >= 0.3 is 5.97 Å². The van der Waals surface area contributed by atoms with Crippen LogP contribution in [0.15, 0.2) is 18.2 Å². The summed E-state index contributed by atoms with van der Waals surface area (Å²) < 4.78 is 4.96. The third kappa shape index (κ3) is 2.35. The van der Waals surface area contributed by atoms with Crippen LogP contribution in [0, 0.1) is 19.8 Å². The Labute approximate surface area is 120 Å². The van der Waals surface area contributed by atoms with Crippen molar-refractivity contribution in [3.63, 3.8) is 0 Å². The minimum atomic E-state index is -0.0253. The van der Waals surface area contributed by atoms with E-state index in [1.165, 1.54) is 30.2 Å². The van der Waals surface area contributed by atoms with E-state index < -0.39 is 0 Å². The van der Waals surface area contributed by atoms with E-state index in [1.807, 2.05) is 0 Å². The van der Waals surface area contributed by atoms with Crippen molar-refractivity contribution in [3.8, 4) is 0 Å². The van der Waals surface area contributed by atoms with Crippen LogP contribution < -0.4 is 0 Å². The fourth-order valence-corrected chi connectivity index (χ4v) is 4.12. The molecule has 3 rings (SSSR count). The molecule has 3 heteroatoms. The number of hydrogen-bond donors (Lipinski definition) is 0. The van der Waals surface area contributed by atoms with E-state index in [-0.39, 0.29) is 11.9 Å². The van der Waals surface area contributed by atoms with Crippen LogP contribution in [-0.2, 0) is 16.1 Å². The second kappa shape index (κ2) is 5.21. The van der Waals surface area contributed by atoms with E-state index in [4.69, 9.17) is 4.74 Å². The fourth-order valence-electron chi connectivity index (χ4n) is 4.12. The number of benzene rings is 1. The van der Waals surface area contributed by atoms with Gasteiger partial charge in [-0.3, -0.25) is 9.69 Å². The highest BCUT2D eigenvalue weighted by Gasteiger charge is 2.49. The normalized spacial score (nSPS) is 28.9. The van der Waals surface area contributed by atoms with E-state index in [1.54, 1.807) is 0 Å². The Morgan fingerprint density at radius 2 is 1.95 bits per heavy atom. The van der Waals surface area contributed by atoms with E-state index in [0.717, 1.165) is 19.4 Å². The molecule has 2 saturated heterocycles. The van der Waals surface area contributed by atoms with Crippen LogP contribution in [0.2, 0.25) is 0 Å². The summed E-state index contributed by atoms with van der Waals surface area (Å²) in [6.07, 6.45) is 3.33. The summed E-state index contributed by atoms with van der Waals surface area (Å²) in [6.45, 7) is 5.25. The lowest BCUT2D eigenvalue weighted by atomic mass is 9.89. The Balaban J connectivity index is 1.77. The maximum atomic E-state index is 11.9. The van der Waals surface area contributed by atoms with Gasteiger partial charge in [-0.15, -0.1) is 0 Å². The zero-order chi connectivity index (χ0) is 14.3. The molecule has 0 amide bonds. The van der Waals surface area contributed by atoms with Crippen LogP contribution >= 0.6 is 0 Å². The number of hydrogen-bond acceptors (Lipinski definition) is 3. The number of esters is 1.